The van der Waals surface area contributed by atoms with Crippen molar-refractivity contribution in [3.63, 3.8) is 0 Å². The Balaban J connectivity index is 2.02. The van der Waals surface area contributed by atoms with E-state index < -0.39 is 0 Å². The van der Waals surface area contributed by atoms with E-state index in [1.54, 1.807) is 6.20 Å². The van der Waals surface area contributed by atoms with Gasteiger partial charge in [0.2, 0.25) is 11.7 Å². The van der Waals surface area contributed by atoms with E-state index in [0.29, 0.717) is 17.6 Å². The zero-order chi connectivity index (χ0) is 14.8. The number of nitrogens with zero attached hydrogens (tertiary/aromatic N) is 3. The van der Waals surface area contributed by atoms with Crippen LogP contribution in [-0.4, -0.2) is 15.1 Å². The minimum absolute atomic E-state index is 0.244. The van der Waals surface area contributed by atoms with E-state index in [0.717, 1.165) is 22.9 Å². The van der Waals surface area contributed by atoms with Gasteiger partial charge in [0.1, 0.15) is 5.69 Å². The van der Waals surface area contributed by atoms with Gasteiger partial charge in [-0.25, -0.2) is 0 Å². The van der Waals surface area contributed by atoms with Crippen molar-refractivity contribution in [3.8, 4) is 11.5 Å². The zero-order valence-electron chi connectivity index (χ0n) is 12.2. The van der Waals surface area contributed by atoms with Crippen LogP contribution in [0.4, 0.5) is 0 Å². The number of hydrogen-bond donors (Lipinski definition) is 1. The molecule has 0 aliphatic rings. The lowest BCUT2D eigenvalue weighted by atomic mass is 10.0. The number of hydrogen-bond acceptors (Lipinski definition) is 5. The van der Waals surface area contributed by atoms with Crippen LogP contribution in [0.2, 0.25) is 0 Å². The van der Waals surface area contributed by atoms with Gasteiger partial charge in [-0.15, -0.1) is 0 Å². The molecule has 0 fully saturated rings. The van der Waals surface area contributed by atoms with Crippen molar-refractivity contribution in [1.82, 2.24) is 15.1 Å². The highest BCUT2D eigenvalue weighted by molar-refractivity contribution is 5.92. The van der Waals surface area contributed by atoms with Crippen molar-refractivity contribution in [2.24, 2.45) is 11.7 Å². The number of pyridine rings is 1. The second kappa shape index (κ2) is 5.61. The van der Waals surface area contributed by atoms with Crippen molar-refractivity contribution in [3.05, 3.63) is 42.4 Å². The van der Waals surface area contributed by atoms with E-state index in [1.807, 2.05) is 30.3 Å². The minimum atomic E-state index is -0.244. The monoisotopic (exact) mass is 282 g/mol. The third-order valence-electron chi connectivity index (χ3n) is 3.87. The summed E-state index contributed by atoms with van der Waals surface area (Å²) in [7, 11) is 0. The molecule has 2 N–H and O–H groups in total. The maximum absolute atomic E-state index is 6.14. The third-order valence-corrected chi connectivity index (χ3v) is 3.87. The van der Waals surface area contributed by atoms with E-state index in [4.69, 9.17) is 10.3 Å². The van der Waals surface area contributed by atoms with Gasteiger partial charge >= 0.3 is 0 Å². The highest BCUT2D eigenvalue weighted by Crippen LogP contribution is 2.26. The Morgan fingerprint density at radius 2 is 2.05 bits per heavy atom. The van der Waals surface area contributed by atoms with E-state index in [-0.39, 0.29) is 6.04 Å². The summed E-state index contributed by atoms with van der Waals surface area (Å²) >= 11 is 0. The Morgan fingerprint density at radius 3 is 2.86 bits per heavy atom. The van der Waals surface area contributed by atoms with Crippen LogP contribution in [0.15, 0.2) is 41.1 Å². The highest BCUT2D eigenvalue weighted by Gasteiger charge is 2.21. The summed E-state index contributed by atoms with van der Waals surface area (Å²) in [6, 6.07) is 9.72. The number of fused-ring (bicyclic) bond motifs is 1. The molecular weight excluding hydrogens is 264 g/mol. The van der Waals surface area contributed by atoms with Gasteiger partial charge in [0.15, 0.2) is 0 Å². The molecule has 0 aliphatic carbocycles. The van der Waals surface area contributed by atoms with Crippen molar-refractivity contribution in [2.75, 3.05) is 0 Å². The van der Waals surface area contributed by atoms with Crippen molar-refractivity contribution in [2.45, 2.75) is 26.3 Å². The van der Waals surface area contributed by atoms with Gasteiger partial charge in [-0.05, 0) is 17.4 Å². The number of benzene rings is 1. The standard InChI is InChI=1S/C16H18N4O/c1-3-10(2)13(17)16-19-15(20-21-16)14-12-7-5-4-6-11(12)8-9-18-14/h4-10,13H,3,17H2,1-2H3/t10?,13-/m0/s1. The first-order chi connectivity index (χ1) is 10.2. The Kier molecular flexibility index (Phi) is 3.66. The van der Waals surface area contributed by atoms with Crippen LogP contribution in [-0.2, 0) is 0 Å². The number of nitrogens with two attached hydrogens (primary N) is 1. The van der Waals surface area contributed by atoms with Crippen LogP contribution < -0.4 is 5.73 Å². The summed E-state index contributed by atoms with van der Waals surface area (Å²) in [4.78, 5) is 8.82. The number of aromatic nitrogens is 3. The van der Waals surface area contributed by atoms with Gasteiger partial charge in [-0.3, -0.25) is 4.98 Å². The lowest BCUT2D eigenvalue weighted by Gasteiger charge is -2.12. The maximum Gasteiger partial charge on any atom is 0.244 e. The lowest BCUT2D eigenvalue weighted by Crippen LogP contribution is -2.18. The molecule has 1 unspecified atom stereocenters. The largest absolute Gasteiger partial charge is 0.337 e. The molecule has 0 bridgehead atoms. The summed E-state index contributed by atoms with van der Waals surface area (Å²) < 4.78 is 5.33. The fourth-order valence-electron chi connectivity index (χ4n) is 2.26. The van der Waals surface area contributed by atoms with E-state index in [9.17, 15) is 0 Å². The molecule has 0 saturated carbocycles. The number of rotatable bonds is 4. The molecule has 0 saturated heterocycles. The van der Waals surface area contributed by atoms with Crippen molar-refractivity contribution in [1.29, 1.82) is 0 Å². The molecule has 0 spiro atoms. The first-order valence-electron chi connectivity index (χ1n) is 7.14. The molecule has 1 aromatic carbocycles. The molecule has 5 heteroatoms. The summed E-state index contributed by atoms with van der Waals surface area (Å²) in [5.74, 6) is 1.24. The van der Waals surface area contributed by atoms with Crippen LogP contribution >= 0.6 is 0 Å². The average molecular weight is 282 g/mol. The molecule has 0 amide bonds. The minimum Gasteiger partial charge on any atom is -0.337 e. The van der Waals surface area contributed by atoms with E-state index in [2.05, 4.69) is 29.0 Å². The predicted molar refractivity (Wildman–Crippen MR) is 81.4 cm³/mol. The van der Waals surface area contributed by atoms with Gasteiger partial charge < -0.3 is 10.3 Å². The molecule has 21 heavy (non-hydrogen) atoms. The Hall–Kier alpha value is -2.27. The molecule has 5 nitrogen and oxygen atoms in total. The highest BCUT2D eigenvalue weighted by atomic mass is 16.5. The third kappa shape index (κ3) is 2.52. The predicted octanol–water partition coefficient (Wildman–Crippen LogP) is 3.33. The molecular formula is C16H18N4O. The second-order valence-electron chi connectivity index (χ2n) is 5.25. The van der Waals surface area contributed by atoms with E-state index in [1.165, 1.54) is 0 Å². The Morgan fingerprint density at radius 1 is 1.24 bits per heavy atom. The van der Waals surface area contributed by atoms with Gasteiger partial charge in [-0.2, -0.15) is 4.98 Å². The maximum atomic E-state index is 6.14. The fraction of sp³-hybridized carbons (Fsp3) is 0.312. The van der Waals surface area contributed by atoms with Gasteiger partial charge in [0.25, 0.3) is 0 Å². The molecule has 0 aliphatic heterocycles. The Bertz CT molecular complexity index is 747. The van der Waals surface area contributed by atoms with Crippen LogP contribution in [0.3, 0.4) is 0 Å². The van der Waals surface area contributed by atoms with Crippen LogP contribution in [0.5, 0.6) is 0 Å². The zero-order valence-corrected chi connectivity index (χ0v) is 12.2. The molecule has 3 aromatic rings. The van der Waals surface area contributed by atoms with Crippen molar-refractivity contribution < 1.29 is 4.52 Å². The lowest BCUT2D eigenvalue weighted by molar-refractivity contribution is 0.312. The summed E-state index contributed by atoms with van der Waals surface area (Å²) in [5.41, 5.74) is 6.86. The first-order valence-corrected chi connectivity index (χ1v) is 7.14. The van der Waals surface area contributed by atoms with Gasteiger partial charge in [-0.1, -0.05) is 49.7 Å². The topological polar surface area (TPSA) is 77.8 Å². The van der Waals surface area contributed by atoms with E-state index >= 15 is 0 Å². The average Bonchev–Trinajstić information content (AvgIpc) is 3.02. The van der Waals surface area contributed by atoms with Crippen LogP contribution in [0.1, 0.15) is 32.2 Å². The quantitative estimate of drug-likeness (QED) is 0.794. The second-order valence-corrected chi connectivity index (χ2v) is 5.25. The van der Waals surface area contributed by atoms with Crippen molar-refractivity contribution >= 4 is 10.8 Å². The summed E-state index contributed by atoms with van der Waals surface area (Å²) in [6.07, 6.45) is 2.72. The Labute approximate surface area is 123 Å². The van der Waals surface area contributed by atoms with Gasteiger partial charge in [0.05, 0.1) is 6.04 Å². The fourth-order valence-corrected chi connectivity index (χ4v) is 2.26. The molecule has 2 atom stereocenters. The first kappa shape index (κ1) is 13.7. The molecule has 3 rings (SSSR count). The SMILES string of the molecule is CCC(C)[C@H](N)c1nc(-c2nccc3ccccc23)no1. The summed E-state index contributed by atoms with van der Waals surface area (Å²) in [6.45, 7) is 4.17. The molecule has 0 radical (unpaired) electrons. The molecule has 2 heterocycles. The molecule has 2 aromatic heterocycles. The van der Waals surface area contributed by atoms with Crippen LogP contribution in [0, 0.1) is 5.92 Å². The summed E-state index contributed by atoms with van der Waals surface area (Å²) in [5, 5.41) is 6.15. The van der Waals surface area contributed by atoms with Gasteiger partial charge in [0, 0.05) is 11.6 Å². The molecule has 108 valence electrons. The normalized spacial score (nSPS) is 14.2. The smallest absolute Gasteiger partial charge is 0.244 e. The van der Waals surface area contributed by atoms with Crippen LogP contribution in [0.25, 0.3) is 22.3 Å².